The van der Waals surface area contributed by atoms with Crippen molar-refractivity contribution >= 4 is 21.6 Å². The van der Waals surface area contributed by atoms with Gasteiger partial charge in [0.1, 0.15) is 6.07 Å². The first-order chi connectivity index (χ1) is 8.31. The Bertz CT molecular complexity index is 455. The number of hydrogen-bond acceptors (Lipinski definition) is 2. The lowest BCUT2D eigenvalue weighted by atomic mass is 9.86. The smallest absolute Gasteiger partial charge is 0.101 e. The highest BCUT2D eigenvalue weighted by atomic mass is 79.9. The van der Waals surface area contributed by atoms with Gasteiger partial charge in [-0.15, -0.1) is 0 Å². The fourth-order valence-electron chi connectivity index (χ4n) is 1.85. The first kappa shape index (κ1) is 15.0. The molecule has 0 spiro atoms. The zero-order valence-corrected chi connectivity index (χ0v) is 13.4. The topological polar surface area (TPSA) is 27.0 Å². The van der Waals surface area contributed by atoms with E-state index < -0.39 is 0 Å². The summed E-state index contributed by atoms with van der Waals surface area (Å²) in [5.74, 6) is 0. The van der Waals surface area contributed by atoms with Gasteiger partial charge in [-0.05, 0) is 30.0 Å². The van der Waals surface area contributed by atoms with E-state index in [2.05, 4.69) is 67.7 Å². The fourth-order valence-corrected chi connectivity index (χ4v) is 2.20. The minimum Gasteiger partial charge on any atom is -0.370 e. The van der Waals surface area contributed by atoms with Crippen LogP contribution in [-0.2, 0) is 5.33 Å². The van der Waals surface area contributed by atoms with Crippen LogP contribution in [0.1, 0.15) is 38.8 Å². The second-order valence-electron chi connectivity index (χ2n) is 5.75. The van der Waals surface area contributed by atoms with Gasteiger partial charge in [-0.2, -0.15) is 5.26 Å². The second kappa shape index (κ2) is 5.75. The van der Waals surface area contributed by atoms with Crippen LogP contribution in [0.3, 0.4) is 0 Å². The van der Waals surface area contributed by atoms with Crippen molar-refractivity contribution in [3.05, 3.63) is 29.3 Å². The number of hydrogen-bond donors (Lipinski definition) is 0. The molecule has 0 radical (unpaired) electrons. The third kappa shape index (κ3) is 3.26. The molecule has 0 aromatic heterocycles. The van der Waals surface area contributed by atoms with E-state index in [0.29, 0.717) is 6.04 Å². The van der Waals surface area contributed by atoms with Crippen molar-refractivity contribution in [3.63, 3.8) is 0 Å². The van der Waals surface area contributed by atoms with Gasteiger partial charge < -0.3 is 4.90 Å². The van der Waals surface area contributed by atoms with Gasteiger partial charge in [0.15, 0.2) is 0 Å². The predicted molar refractivity (Wildman–Crippen MR) is 81.1 cm³/mol. The van der Waals surface area contributed by atoms with E-state index in [9.17, 15) is 5.26 Å². The largest absolute Gasteiger partial charge is 0.370 e. The highest BCUT2D eigenvalue weighted by Crippen LogP contribution is 2.30. The van der Waals surface area contributed by atoms with Crippen molar-refractivity contribution in [2.75, 3.05) is 11.9 Å². The molecule has 0 heterocycles. The molecule has 1 rings (SSSR count). The van der Waals surface area contributed by atoms with Crippen LogP contribution in [0, 0.1) is 16.7 Å². The molecule has 98 valence electrons. The Morgan fingerprint density at radius 2 is 2.00 bits per heavy atom. The monoisotopic (exact) mass is 308 g/mol. The summed E-state index contributed by atoms with van der Waals surface area (Å²) in [6, 6.07) is 8.72. The van der Waals surface area contributed by atoms with Crippen molar-refractivity contribution in [1.82, 2.24) is 0 Å². The quantitative estimate of drug-likeness (QED) is 0.777. The average Bonchev–Trinajstić information content (AvgIpc) is 2.35. The van der Waals surface area contributed by atoms with Crippen molar-refractivity contribution in [1.29, 1.82) is 5.26 Å². The van der Waals surface area contributed by atoms with Crippen LogP contribution < -0.4 is 4.90 Å². The Balaban J connectivity index is 3.14. The van der Waals surface area contributed by atoms with Gasteiger partial charge in [0.25, 0.3) is 0 Å². The first-order valence-electron chi connectivity index (χ1n) is 6.13. The number of benzene rings is 1. The molecule has 0 aliphatic heterocycles. The van der Waals surface area contributed by atoms with Gasteiger partial charge in [-0.1, -0.05) is 42.8 Å². The summed E-state index contributed by atoms with van der Waals surface area (Å²) in [4.78, 5) is 2.19. The highest BCUT2D eigenvalue weighted by molar-refractivity contribution is 9.08. The van der Waals surface area contributed by atoms with Crippen molar-refractivity contribution in [2.24, 2.45) is 5.41 Å². The van der Waals surface area contributed by atoms with E-state index in [0.717, 1.165) is 22.1 Å². The van der Waals surface area contributed by atoms with Crippen LogP contribution in [0.4, 0.5) is 5.69 Å². The molecular weight excluding hydrogens is 288 g/mol. The summed E-state index contributed by atoms with van der Waals surface area (Å²) in [5, 5.41) is 10.1. The molecule has 0 saturated heterocycles. The van der Waals surface area contributed by atoms with E-state index in [1.54, 1.807) is 0 Å². The summed E-state index contributed by atoms with van der Waals surface area (Å²) >= 11 is 3.42. The number of nitrogens with zero attached hydrogens (tertiary/aromatic N) is 2. The molecule has 18 heavy (non-hydrogen) atoms. The molecule has 0 aliphatic rings. The highest BCUT2D eigenvalue weighted by Gasteiger charge is 2.25. The van der Waals surface area contributed by atoms with E-state index in [4.69, 9.17) is 0 Å². The molecule has 1 aromatic rings. The summed E-state index contributed by atoms with van der Waals surface area (Å²) in [6.45, 7) is 8.84. The minimum atomic E-state index is 0.176. The number of rotatable bonds is 3. The maximum absolute atomic E-state index is 9.28. The molecule has 1 aromatic carbocycles. The normalized spacial score (nSPS) is 12.9. The van der Waals surface area contributed by atoms with Crippen LogP contribution >= 0.6 is 15.9 Å². The summed E-state index contributed by atoms with van der Waals surface area (Å²) in [6.07, 6.45) is 0. The van der Waals surface area contributed by atoms with Gasteiger partial charge in [-0.25, -0.2) is 0 Å². The molecule has 0 fully saturated rings. The summed E-state index contributed by atoms with van der Waals surface area (Å²) in [7, 11) is 2.06. The minimum absolute atomic E-state index is 0.176. The van der Waals surface area contributed by atoms with Gasteiger partial charge in [0.2, 0.25) is 0 Å². The van der Waals surface area contributed by atoms with Gasteiger partial charge >= 0.3 is 0 Å². The molecule has 0 amide bonds. The third-order valence-electron chi connectivity index (χ3n) is 3.55. The van der Waals surface area contributed by atoms with Crippen LogP contribution in [0.2, 0.25) is 0 Å². The predicted octanol–water partition coefficient (Wildman–Crippen LogP) is 4.32. The standard InChI is InChI=1S/C15H21BrN2/c1-11(15(2,3)4)18(5)14-7-6-12(9-16)8-13(14)10-17/h6-8,11H,9H2,1-5H3. The lowest BCUT2D eigenvalue weighted by molar-refractivity contribution is 0.329. The molecule has 0 bridgehead atoms. The number of anilines is 1. The number of alkyl halides is 1. The lowest BCUT2D eigenvalue weighted by Crippen LogP contribution is -2.39. The molecule has 2 nitrogen and oxygen atoms in total. The van der Waals surface area contributed by atoms with E-state index >= 15 is 0 Å². The fraction of sp³-hybridized carbons (Fsp3) is 0.533. The van der Waals surface area contributed by atoms with Gasteiger partial charge in [0, 0.05) is 18.4 Å². The zero-order valence-electron chi connectivity index (χ0n) is 11.8. The van der Waals surface area contributed by atoms with E-state index in [1.807, 2.05) is 12.1 Å². The maximum Gasteiger partial charge on any atom is 0.101 e. The van der Waals surface area contributed by atoms with E-state index in [1.165, 1.54) is 0 Å². The molecule has 1 atom stereocenters. The van der Waals surface area contributed by atoms with Crippen LogP contribution in [0.25, 0.3) is 0 Å². The van der Waals surface area contributed by atoms with Gasteiger partial charge in [0.05, 0.1) is 11.3 Å². The SMILES string of the molecule is CC(N(C)c1ccc(CBr)cc1C#N)C(C)(C)C. The Kier molecular flexibility index (Phi) is 4.81. The third-order valence-corrected chi connectivity index (χ3v) is 4.20. The molecule has 1 unspecified atom stereocenters. The average molecular weight is 309 g/mol. The Morgan fingerprint density at radius 3 is 2.44 bits per heavy atom. The van der Waals surface area contributed by atoms with Crippen LogP contribution in [0.5, 0.6) is 0 Å². The van der Waals surface area contributed by atoms with Crippen molar-refractivity contribution in [2.45, 2.75) is 39.1 Å². The Labute approximate surface area is 119 Å². The Morgan fingerprint density at radius 1 is 1.39 bits per heavy atom. The first-order valence-corrected chi connectivity index (χ1v) is 7.25. The maximum atomic E-state index is 9.28. The van der Waals surface area contributed by atoms with Gasteiger partial charge in [-0.3, -0.25) is 0 Å². The number of halogens is 1. The van der Waals surface area contributed by atoms with Crippen LogP contribution in [-0.4, -0.2) is 13.1 Å². The van der Waals surface area contributed by atoms with E-state index in [-0.39, 0.29) is 5.41 Å². The second-order valence-corrected chi connectivity index (χ2v) is 6.31. The molecule has 0 N–H and O–H groups in total. The Hall–Kier alpha value is -1.01. The molecule has 0 aliphatic carbocycles. The van der Waals surface area contributed by atoms with Crippen molar-refractivity contribution in [3.8, 4) is 6.07 Å². The molecular formula is C15H21BrN2. The molecule has 0 saturated carbocycles. The summed E-state index contributed by atoms with van der Waals surface area (Å²) in [5.41, 5.74) is 3.05. The molecule has 3 heteroatoms. The lowest BCUT2D eigenvalue weighted by Gasteiger charge is -2.37. The zero-order chi connectivity index (χ0) is 13.9. The summed E-state index contributed by atoms with van der Waals surface area (Å²) < 4.78 is 0. The van der Waals surface area contributed by atoms with Crippen molar-refractivity contribution < 1.29 is 0 Å². The van der Waals surface area contributed by atoms with Crippen LogP contribution in [0.15, 0.2) is 18.2 Å². The number of nitriles is 1.